The van der Waals surface area contributed by atoms with Gasteiger partial charge in [0.2, 0.25) is 5.91 Å². The van der Waals surface area contributed by atoms with Crippen LogP contribution in [-0.2, 0) is 11.3 Å². The van der Waals surface area contributed by atoms with Crippen LogP contribution in [0.1, 0.15) is 17.5 Å². The summed E-state index contributed by atoms with van der Waals surface area (Å²) >= 11 is 1.48. The van der Waals surface area contributed by atoms with E-state index in [1.54, 1.807) is 17.0 Å². The highest BCUT2D eigenvalue weighted by Crippen LogP contribution is 2.34. The fraction of sp³-hybridized carbons (Fsp3) is 0.154. The van der Waals surface area contributed by atoms with Crippen LogP contribution in [-0.4, -0.2) is 20.4 Å². The van der Waals surface area contributed by atoms with Crippen molar-refractivity contribution < 1.29 is 4.79 Å². The van der Waals surface area contributed by atoms with Gasteiger partial charge in [0.05, 0.1) is 33.1 Å². The second kappa shape index (κ2) is 8.60. The summed E-state index contributed by atoms with van der Waals surface area (Å²) in [5, 5.41) is 1.17. The average molecular weight is 455 g/mol. The molecule has 3 aromatic carbocycles. The van der Waals surface area contributed by atoms with Crippen LogP contribution < -0.4 is 10.5 Å². The normalized spacial score (nSPS) is 11.2. The predicted molar refractivity (Wildman–Crippen MR) is 133 cm³/mol. The number of thiazole rings is 1. The standard InChI is InChI=1S/C26H22N4O2S/c1-17-13-18(2)15-19(14-17)30(26-28-22-9-5-6-10-23(22)33-26)24(31)11-12-29-16-27-21-8-4-3-7-20(21)25(29)32/h3-10,13-16H,11-12H2,1-2H3. The van der Waals surface area contributed by atoms with Crippen LogP contribution in [0.5, 0.6) is 0 Å². The van der Waals surface area contributed by atoms with Gasteiger partial charge in [0.15, 0.2) is 5.13 Å². The number of aryl methyl sites for hydroxylation is 3. The van der Waals surface area contributed by atoms with Crippen molar-refractivity contribution in [1.82, 2.24) is 14.5 Å². The van der Waals surface area contributed by atoms with Gasteiger partial charge in [-0.05, 0) is 61.4 Å². The Morgan fingerprint density at radius 3 is 2.42 bits per heavy atom. The van der Waals surface area contributed by atoms with E-state index in [9.17, 15) is 9.59 Å². The van der Waals surface area contributed by atoms with Crippen LogP contribution in [0.25, 0.3) is 21.1 Å². The first kappa shape index (κ1) is 21.0. The Kier molecular flexibility index (Phi) is 5.48. The van der Waals surface area contributed by atoms with Gasteiger partial charge in [-0.1, -0.05) is 41.7 Å². The molecular weight excluding hydrogens is 432 g/mol. The molecule has 0 atom stereocenters. The molecular formula is C26H22N4O2S. The van der Waals surface area contributed by atoms with Crippen LogP contribution >= 0.6 is 11.3 Å². The first-order chi connectivity index (χ1) is 16.0. The third-order valence-corrected chi connectivity index (χ3v) is 6.51. The Hall–Kier alpha value is -3.84. The number of rotatable bonds is 5. The molecule has 7 heteroatoms. The number of anilines is 2. The maximum Gasteiger partial charge on any atom is 0.261 e. The number of para-hydroxylation sites is 2. The van der Waals surface area contributed by atoms with E-state index in [0.29, 0.717) is 16.0 Å². The Bertz CT molecular complexity index is 1500. The SMILES string of the molecule is Cc1cc(C)cc(N(C(=O)CCn2cnc3ccccc3c2=O)c2nc3ccccc3s2)c1. The van der Waals surface area contributed by atoms with Gasteiger partial charge >= 0.3 is 0 Å². The molecule has 0 radical (unpaired) electrons. The van der Waals surface area contributed by atoms with Crippen LogP contribution in [0.15, 0.2) is 77.9 Å². The molecule has 6 nitrogen and oxygen atoms in total. The summed E-state index contributed by atoms with van der Waals surface area (Å²) in [5.74, 6) is -0.126. The van der Waals surface area contributed by atoms with Crippen LogP contribution in [0.3, 0.4) is 0 Å². The van der Waals surface area contributed by atoms with Crippen molar-refractivity contribution in [1.29, 1.82) is 0 Å². The molecule has 2 aromatic heterocycles. The molecule has 0 bridgehead atoms. The molecule has 0 unspecified atom stereocenters. The van der Waals surface area contributed by atoms with Gasteiger partial charge in [-0.25, -0.2) is 9.97 Å². The molecule has 5 aromatic rings. The highest BCUT2D eigenvalue weighted by molar-refractivity contribution is 7.22. The minimum absolute atomic E-state index is 0.126. The monoisotopic (exact) mass is 454 g/mol. The van der Waals surface area contributed by atoms with Crippen molar-refractivity contribution in [3.63, 3.8) is 0 Å². The number of benzene rings is 3. The van der Waals surface area contributed by atoms with Crippen molar-refractivity contribution in [2.24, 2.45) is 0 Å². The lowest BCUT2D eigenvalue weighted by molar-refractivity contribution is -0.118. The summed E-state index contributed by atoms with van der Waals surface area (Å²) < 4.78 is 2.52. The first-order valence-electron chi connectivity index (χ1n) is 10.7. The minimum atomic E-state index is -0.147. The zero-order valence-corrected chi connectivity index (χ0v) is 19.2. The largest absolute Gasteiger partial charge is 0.298 e. The molecule has 0 saturated heterocycles. The number of carbonyl (C=O) groups excluding carboxylic acids is 1. The molecule has 5 rings (SSSR count). The second-order valence-corrected chi connectivity index (χ2v) is 9.06. The number of hydrogen-bond acceptors (Lipinski definition) is 5. The third-order valence-electron chi connectivity index (χ3n) is 5.49. The summed E-state index contributed by atoms with van der Waals surface area (Å²) in [4.78, 5) is 37.2. The van der Waals surface area contributed by atoms with Gasteiger partial charge in [0.25, 0.3) is 5.56 Å². The Morgan fingerprint density at radius 2 is 1.67 bits per heavy atom. The quantitative estimate of drug-likeness (QED) is 0.358. The van der Waals surface area contributed by atoms with Crippen molar-refractivity contribution >= 4 is 49.2 Å². The van der Waals surface area contributed by atoms with E-state index in [1.807, 2.05) is 62.4 Å². The lowest BCUT2D eigenvalue weighted by Gasteiger charge is -2.21. The predicted octanol–water partition coefficient (Wildman–Crippen LogP) is 5.38. The number of nitrogens with zero attached hydrogens (tertiary/aromatic N) is 4. The van der Waals surface area contributed by atoms with E-state index >= 15 is 0 Å². The smallest absolute Gasteiger partial charge is 0.261 e. The minimum Gasteiger partial charge on any atom is -0.298 e. The van der Waals surface area contributed by atoms with Gasteiger partial charge in [-0.2, -0.15) is 0 Å². The maximum atomic E-state index is 13.5. The van der Waals surface area contributed by atoms with Crippen LogP contribution in [0.2, 0.25) is 0 Å². The van der Waals surface area contributed by atoms with Crippen molar-refractivity contribution in [2.45, 2.75) is 26.8 Å². The van der Waals surface area contributed by atoms with Gasteiger partial charge < -0.3 is 0 Å². The third kappa shape index (κ3) is 4.15. The molecule has 0 saturated carbocycles. The van der Waals surface area contributed by atoms with Crippen molar-refractivity contribution in [2.75, 3.05) is 4.90 Å². The summed E-state index contributed by atoms with van der Waals surface area (Å²) in [6.07, 6.45) is 1.65. The number of aromatic nitrogens is 3. The first-order valence-corrected chi connectivity index (χ1v) is 11.5. The molecule has 0 fully saturated rings. The van der Waals surface area contributed by atoms with E-state index in [1.165, 1.54) is 22.2 Å². The lowest BCUT2D eigenvalue weighted by atomic mass is 10.1. The summed E-state index contributed by atoms with van der Waals surface area (Å²) in [7, 11) is 0. The van der Waals surface area contributed by atoms with E-state index in [-0.39, 0.29) is 24.4 Å². The van der Waals surface area contributed by atoms with Crippen molar-refractivity contribution in [3.8, 4) is 0 Å². The van der Waals surface area contributed by atoms with Gasteiger partial charge in [-0.15, -0.1) is 0 Å². The summed E-state index contributed by atoms with van der Waals surface area (Å²) in [6.45, 7) is 4.26. The van der Waals surface area contributed by atoms with E-state index in [0.717, 1.165) is 27.0 Å². The fourth-order valence-electron chi connectivity index (χ4n) is 3.99. The lowest BCUT2D eigenvalue weighted by Crippen LogP contribution is -2.29. The second-order valence-electron chi connectivity index (χ2n) is 8.05. The zero-order valence-electron chi connectivity index (χ0n) is 18.4. The number of amides is 1. The van der Waals surface area contributed by atoms with Crippen molar-refractivity contribution in [3.05, 3.63) is 94.5 Å². The average Bonchev–Trinajstić information content (AvgIpc) is 3.22. The molecule has 0 N–H and O–H groups in total. The van der Waals surface area contributed by atoms with E-state index in [2.05, 4.69) is 11.1 Å². The molecule has 2 heterocycles. The zero-order chi connectivity index (χ0) is 22.9. The van der Waals surface area contributed by atoms with Gasteiger partial charge in [0.1, 0.15) is 0 Å². The number of fused-ring (bicyclic) bond motifs is 2. The summed E-state index contributed by atoms with van der Waals surface area (Å²) in [6, 6.07) is 21.1. The highest BCUT2D eigenvalue weighted by atomic mass is 32.1. The molecule has 0 aliphatic rings. The summed E-state index contributed by atoms with van der Waals surface area (Å²) in [5.41, 5.74) is 4.27. The molecule has 0 spiro atoms. The Balaban J connectivity index is 1.50. The molecule has 33 heavy (non-hydrogen) atoms. The maximum absolute atomic E-state index is 13.5. The highest BCUT2D eigenvalue weighted by Gasteiger charge is 2.22. The van der Waals surface area contributed by atoms with Gasteiger partial charge in [0, 0.05) is 13.0 Å². The Labute approximate surface area is 194 Å². The van der Waals surface area contributed by atoms with Gasteiger partial charge in [-0.3, -0.25) is 19.1 Å². The molecule has 164 valence electrons. The van der Waals surface area contributed by atoms with E-state index < -0.39 is 0 Å². The fourth-order valence-corrected chi connectivity index (χ4v) is 4.99. The number of hydrogen-bond donors (Lipinski definition) is 0. The van der Waals surface area contributed by atoms with Crippen LogP contribution in [0, 0.1) is 13.8 Å². The molecule has 0 aliphatic heterocycles. The molecule has 1 amide bonds. The number of carbonyl (C=O) groups is 1. The topological polar surface area (TPSA) is 68.1 Å². The van der Waals surface area contributed by atoms with E-state index in [4.69, 9.17) is 4.98 Å². The molecule has 0 aliphatic carbocycles. The Morgan fingerprint density at radius 1 is 0.970 bits per heavy atom. The van der Waals surface area contributed by atoms with Crippen LogP contribution in [0.4, 0.5) is 10.8 Å².